The number of aromatic nitrogens is 2. The maximum atomic E-state index is 12.8. The highest BCUT2D eigenvalue weighted by molar-refractivity contribution is 5.50. The van der Waals surface area contributed by atoms with E-state index in [1.807, 2.05) is 0 Å². The molecule has 0 aliphatic carbocycles. The Morgan fingerprint density at radius 1 is 1.15 bits per heavy atom. The van der Waals surface area contributed by atoms with E-state index < -0.39 is 23.6 Å². The molecule has 0 bridgehead atoms. The predicted octanol–water partition coefficient (Wildman–Crippen LogP) is 2.59. The van der Waals surface area contributed by atoms with Crippen LogP contribution in [0, 0.1) is 0 Å². The van der Waals surface area contributed by atoms with Crippen molar-refractivity contribution in [2.45, 2.75) is 12.1 Å². The van der Waals surface area contributed by atoms with Crippen molar-refractivity contribution in [3.63, 3.8) is 0 Å². The van der Waals surface area contributed by atoms with Crippen LogP contribution in [0.25, 0.3) is 6.08 Å². The molecule has 10 heteroatoms. The van der Waals surface area contributed by atoms with Crippen LogP contribution in [0.15, 0.2) is 11.8 Å². The molecule has 1 heterocycles. The van der Waals surface area contributed by atoms with Crippen molar-refractivity contribution in [3.05, 3.63) is 17.5 Å². The molecule has 0 atom stereocenters. The van der Waals surface area contributed by atoms with Crippen molar-refractivity contribution in [1.29, 1.82) is 0 Å². The Bertz CT molecular complexity index is 494. The summed E-state index contributed by atoms with van der Waals surface area (Å²) in [5.41, 5.74) is -0.435. The molecule has 0 aromatic carbocycles. The molecule has 0 aliphatic rings. The molecular weight excluding hydrogens is 291 g/mol. The standard InChI is InChI=1S/C10H9F5N2O3/c1-19-7-4-5(16-8(17-7)20-2)3-6(18)9(11,12)10(13,14)15/h3-4,18H,1-2H3/b6-3-. The summed E-state index contributed by atoms with van der Waals surface area (Å²) in [4.78, 5) is 7.10. The lowest BCUT2D eigenvalue weighted by Crippen LogP contribution is -2.38. The largest absolute Gasteiger partial charge is 0.506 e. The minimum atomic E-state index is -5.92. The molecule has 0 unspecified atom stereocenters. The molecule has 1 rings (SSSR count). The molecule has 0 saturated heterocycles. The molecule has 5 nitrogen and oxygen atoms in total. The maximum Gasteiger partial charge on any atom is 0.461 e. The van der Waals surface area contributed by atoms with E-state index in [-0.39, 0.29) is 18.0 Å². The molecule has 0 radical (unpaired) electrons. The molecule has 1 aromatic rings. The highest BCUT2D eigenvalue weighted by Gasteiger charge is 2.60. The zero-order valence-electron chi connectivity index (χ0n) is 10.2. The number of aliphatic hydroxyl groups excluding tert-OH is 1. The summed E-state index contributed by atoms with van der Waals surface area (Å²) < 4.78 is 71.1. The van der Waals surface area contributed by atoms with Crippen molar-refractivity contribution in [3.8, 4) is 11.9 Å². The van der Waals surface area contributed by atoms with Crippen LogP contribution in [-0.4, -0.2) is 41.4 Å². The van der Waals surface area contributed by atoms with Gasteiger partial charge in [-0.15, -0.1) is 0 Å². The first-order valence-corrected chi connectivity index (χ1v) is 4.94. The summed E-state index contributed by atoms with van der Waals surface area (Å²) in [7, 11) is 2.35. The van der Waals surface area contributed by atoms with Crippen LogP contribution in [0.3, 0.4) is 0 Å². The summed E-state index contributed by atoms with van der Waals surface area (Å²) in [6.45, 7) is 0. The van der Waals surface area contributed by atoms with Crippen molar-refractivity contribution >= 4 is 6.08 Å². The molecule has 0 amide bonds. The zero-order chi connectivity index (χ0) is 15.6. The van der Waals surface area contributed by atoms with E-state index in [1.54, 1.807) is 0 Å². The second-order valence-corrected chi connectivity index (χ2v) is 3.42. The number of nitrogens with zero attached hydrogens (tertiary/aromatic N) is 2. The Morgan fingerprint density at radius 2 is 1.75 bits per heavy atom. The third kappa shape index (κ3) is 3.25. The first-order chi connectivity index (χ1) is 9.11. The van der Waals surface area contributed by atoms with Crippen LogP contribution >= 0.6 is 0 Å². The predicted molar refractivity (Wildman–Crippen MR) is 56.7 cm³/mol. The molecule has 0 fully saturated rings. The van der Waals surface area contributed by atoms with E-state index in [2.05, 4.69) is 19.4 Å². The van der Waals surface area contributed by atoms with Gasteiger partial charge < -0.3 is 14.6 Å². The van der Waals surface area contributed by atoms with Gasteiger partial charge in [0.15, 0.2) is 5.76 Å². The normalized spacial score (nSPS) is 13.2. The number of rotatable bonds is 4. The number of halogens is 5. The highest BCUT2D eigenvalue weighted by atomic mass is 19.4. The minimum absolute atomic E-state index is 0.133. The quantitative estimate of drug-likeness (QED) is 0.684. The van der Waals surface area contributed by atoms with Crippen molar-refractivity contribution in [2.75, 3.05) is 14.2 Å². The summed E-state index contributed by atoms with van der Waals surface area (Å²) in [6.07, 6.45) is -5.77. The van der Waals surface area contributed by atoms with Gasteiger partial charge >= 0.3 is 18.1 Å². The Hall–Kier alpha value is -2.13. The smallest absolute Gasteiger partial charge is 0.461 e. The number of alkyl halides is 5. The van der Waals surface area contributed by atoms with Gasteiger partial charge in [0, 0.05) is 12.1 Å². The molecular formula is C10H9F5N2O3. The fourth-order valence-electron chi connectivity index (χ4n) is 1.07. The monoisotopic (exact) mass is 300 g/mol. The Morgan fingerprint density at radius 3 is 2.20 bits per heavy atom. The average molecular weight is 300 g/mol. The van der Waals surface area contributed by atoms with Gasteiger partial charge in [0.2, 0.25) is 5.88 Å². The van der Waals surface area contributed by atoms with E-state index in [9.17, 15) is 22.0 Å². The Labute approximate surface area is 109 Å². The van der Waals surface area contributed by atoms with Crippen LogP contribution in [0.2, 0.25) is 0 Å². The van der Waals surface area contributed by atoms with Crippen LogP contribution in [-0.2, 0) is 0 Å². The van der Waals surface area contributed by atoms with Crippen LogP contribution in [0.4, 0.5) is 22.0 Å². The SMILES string of the molecule is COc1cc(/C=C(\O)C(F)(F)C(F)(F)F)nc(OC)n1. The second kappa shape index (κ2) is 5.47. The van der Waals surface area contributed by atoms with E-state index in [4.69, 9.17) is 5.11 Å². The second-order valence-electron chi connectivity index (χ2n) is 3.42. The van der Waals surface area contributed by atoms with Gasteiger partial charge in [-0.05, 0) is 0 Å². The topological polar surface area (TPSA) is 64.5 Å². The molecule has 0 saturated carbocycles. The van der Waals surface area contributed by atoms with Crippen molar-refractivity contribution in [1.82, 2.24) is 9.97 Å². The fourth-order valence-corrected chi connectivity index (χ4v) is 1.07. The first-order valence-electron chi connectivity index (χ1n) is 4.94. The number of methoxy groups -OCH3 is 2. The number of aliphatic hydroxyl groups is 1. The summed E-state index contributed by atoms with van der Waals surface area (Å²) >= 11 is 0. The van der Waals surface area contributed by atoms with E-state index in [0.29, 0.717) is 0 Å². The van der Waals surface area contributed by atoms with Gasteiger partial charge in [-0.25, -0.2) is 0 Å². The van der Waals surface area contributed by atoms with E-state index in [0.717, 1.165) is 13.2 Å². The lowest BCUT2D eigenvalue weighted by molar-refractivity contribution is -0.273. The van der Waals surface area contributed by atoms with Gasteiger partial charge in [0.05, 0.1) is 19.9 Å². The van der Waals surface area contributed by atoms with E-state index in [1.165, 1.54) is 7.11 Å². The minimum Gasteiger partial charge on any atom is -0.506 e. The lowest BCUT2D eigenvalue weighted by Gasteiger charge is -2.18. The highest BCUT2D eigenvalue weighted by Crippen LogP contribution is 2.40. The lowest BCUT2D eigenvalue weighted by atomic mass is 10.2. The Kier molecular flexibility index (Phi) is 4.36. The average Bonchev–Trinajstić information content (AvgIpc) is 2.36. The summed E-state index contributed by atoms with van der Waals surface area (Å²) in [6, 6.07) is 0.629. The van der Waals surface area contributed by atoms with Crippen LogP contribution in [0.5, 0.6) is 11.9 Å². The number of hydrogen-bond acceptors (Lipinski definition) is 5. The third-order valence-corrected chi connectivity index (χ3v) is 2.06. The zero-order valence-corrected chi connectivity index (χ0v) is 10.2. The van der Waals surface area contributed by atoms with Crippen LogP contribution < -0.4 is 9.47 Å². The van der Waals surface area contributed by atoms with Crippen LogP contribution in [0.1, 0.15) is 5.69 Å². The molecule has 20 heavy (non-hydrogen) atoms. The van der Waals surface area contributed by atoms with Gasteiger partial charge in [-0.3, -0.25) is 0 Å². The summed E-state index contributed by atoms with van der Waals surface area (Å²) in [5.74, 6) is -7.72. The van der Waals surface area contributed by atoms with Gasteiger partial charge in [0.25, 0.3) is 0 Å². The third-order valence-electron chi connectivity index (χ3n) is 2.06. The number of hydrogen-bond donors (Lipinski definition) is 1. The summed E-state index contributed by atoms with van der Waals surface area (Å²) in [5, 5.41) is 8.94. The molecule has 112 valence electrons. The Balaban J connectivity index is 3.22. The maximum absolute atomic E-state index is 12.8. The van der Waals surface area contributed by atoms with Gasteiger partial charge in [-0.2, -0.15) is 31.9 Å². The number of allylic oxidation sites excluding steroid dienone is 1. The van der Waals surface area contributed by atoms with Gasteiger partial charge in [-0.1, -0.05) is 0 Å². The molecule has 0 spiro atoms. The van der Waals surface area contributed by atoms with Crippen molar-refractivity contribution in [2.24, 2.45) is 0 Å². The molecule has 0 aliphatic heterocycles. The van der Waals surface area contributed by atoms with Gasteiger partial charge in [0.1, 0.15) is 0 Å². The molecule has 1 N–H and O–H groups in total. The first kappa shape index (κ1) is 15.9. The molecule has 1 aromatic heterocycles. The number of ether oxygens (including phenoxy) is 2. The van der Waals surface area contributed by atoms with E-state index >= 15 is 0 Å². The fraction of sp³-hybridized carbons (Fsp3) is 0.400. The van der Waals surface area contributed by atoms with Crippen molar-refractivity contribution < 1.29 is 36.5 Å².